The first kappa shape index (κ1) is 8.82. The van der Waals surface area contributed by atoms with Gasteiger partial charge in [0.05, 0.1) is 0 Å². The lowest BCUT2D eigenvalue weighted by molar-refractivity contribution is 0.411. The van der Waals surface area contributed by atoms with Crippen molar-refractivity contribution in [1.82, 2.24) is 10.3 Å². The van der Waals surface area contributed by atoms with E-state index in [1.807, 2.05) is 0 Å². The molecular formula is C11H18N2. The predicted octanol–water partition coefficient (Wildman–Crippen LogP) is 2.45. The molecule has 2 heteroatoms. The summed E-state index contributed by atoms with van der Waals surface area (Å²) in [5, 5.41) is 3.57. The minimum absolute atomic E-state index is 0.596. The van der Waals surface area contributed by atoms with E-state index in [2.05, 4.69) is 30.2 Å². The van der Waals surface area contributed by atoms with Crippen molar-refractivity contribution in [2.45, 2.75) is 39.2 Å². The Hall–Kier alpha value is -0.760. The second kappa shape index (κ2) is 3.54. The highest BCUT2D eigenvalue weighted by Gasteiger charge is 2.17. The number of rotatable bonds is 1. The van der Waals surface area contributed by atoms with Crippen molar-refractivity contribution in [1.29, 1.82) is 0 Å². The fraction of sp³-hybridized carbons (Fsp3) is 0.636. The second-order valence-corrected chi connectivity index (χ2v) is 4.04. The Morgan fingerprint density at radius 3 is 2.69 bits per heavy atom. The molecular weight excluding hydrogens is 160 g/mol. The molecule has 2 nitrogen and oxygen atoms in total. The summed E-state index contributed by atoms with van der Waals surface area (Å²) in [6.07, 6.45) is 3.98. The van der Waals surface area contributed by atoms with Crippen LogP contribution in [0.5, 0.6) is 0 Å². The van der Waals surface area contributed by atoms with Crippen molar-refractivity contribution in [2.75, 3.05) is 6.54 Å². The fourth-order valence-corrected chi connectivity index (χ4v) is 2.22. The van der Waals surface area contributed by atoms with Crippen LogP contribution in [-0.4, -0.2) is 11.5 Å². The monoisotopic (exact) mass is 178 g/mol. The topological polar surface area (TPSA) is 27.8 Å². The highest BCUT2D eigenvalue weighted by Crippen LogP contribution is 2.25. The van der Waals surface area contributed by atoms with E-state index in [1.165, 1.54) is 42.8 Å². The number of aromatic nitrogens is 1. The molecule has 72 valence electrons. The average molecular weight is 178 g/mol. The van der Waals surface area contributed by atoms with E-state index >= 15 is 0 Å². The van der Waals surface area contributed by atoms with Crippen LogP contribution in [0.2, 0.25) is 0 Å². The Morgan fingerprint density at radius 2 is 2.15 bits per heavy atom. The molecule has 0 radical (unpaired) electrons. The van der Waals surface area contributed by atoms with E-state index in [0.29, 0.717) is 6.04 Å². The first-order chi connectivity index (χ1) is 6.27. The molecule has 2 heterocycles. The fourth-order valence-electron chi connectivity index (χ4n) is 2.22. The molecule has 13 heavy (non-hydrogen) atoms. The Bertz CT molecular complexity index is 282. The zero-order valence-corrected chi connectivity index (χ0v) is 8.48. The molecule has 1 aromatic heterocycles. The number of H-pyrrole nitrogens is 1. The Labute approximate surface area is 79.7 Å². The van der Waals surface area contributed by atoms with Gasteiger partial charge in [-0.05, 0) is 44.9 Å². The minimum atomic E-state index is 0.596. The SMILES string of the molecule is Cc1cc(C2CCCCN2)c(C)[nH]1. The van der Waals surface area contributed by atoms with E-state index < -0.39 is 0 Å². The summed E-state index contributed by atoms with van der Waals surface area (Å²) >= 11 is 0. The summed E-state index contributed by atoms with van der Waals surface area (Å²) in [4.78, 5) is 3.36. The van der Waals surface area contributed by atoms with Gasteiger partial charge in [-0.25, -0.2) is 0 Å². The third-order valence-electron chi connectivity index (χ3n) is 2.88. The average Bonchev–Trinajstić information content (AvgIpc) is 2.47. The summed E-state index contributed by atoms with van der Waals surface area (Å²) in [6.45, 7) is 5.46. The largest absolute Gasteiger partial charge is 0.362 e. The predicted molar refractivity (Wildman–Crippen MR) is 54.9 cm³/mol. The van der Waals surface area contributed by atoms with Gasteiger partial charge in [0, 0.05) is 17.4 Å². The van der Waals surface area contributed by atoms with E-state index in [9.17, 15) is 0 Å². The van der Waals surface area contributed by atoms with E-state index in [4.69, 9.17) is 0 Å². The van der Waals surface area contributed by atoms with Gasteiger partial charge in [0.15, 0.2) is 0 Å². The van der Waals surface area contributed by atoms with Crippen molar-refractivity contribution in [2.24, 2.45) is 0 Å². The van der Waals surface area contributed by atoms with Crippen molar-refractivity contribution in [3.63, 3.8) is 0 Å². The van der Waals surface area contributed by atoms with Gasteiger partial charge in [0.1, 0.15) is 0 Å². The summed E-state index contributed by atoms with van der Waals surface area (Å²) in [7, 11) is 0. The molecule has 0 bridgehead atoms. The maximum atomic E-state index is 3.57. The van der Waals surface area contributed by atoms with Crippen LogP contribution in [0.1, 0.15) is 42.3 Å². The van der Waals surface area contributed by atoms with E-state index in [-0.39, 0.29) is 0 Å². The Morgan fingerprint density at radius 1 is 1.31 bits per heavy atom. The van der Waals surface area contributed by atoms with Crippen LogP contribution >= 0.6 is 0 Å². The van der Waals surface area contributed by atoms with Crippen molar-refractivity contribution < 1.29 is 0 Å². The summed E-state index contributed by atoms with van der Waals surface area (Å²) in [5.41, 5.74) is 4.08. The maximum Gasteiger partial charge on any atom is 0.0337 e. The lowest BCUT2D eigenvalue weighted by Crippen LogP contribution is -2.26. The van der Waals surface area contributed by atoms with Gasteiger partial charge >= 0.3 is 0 Å². The number of nitrogens with one attached hydrogen (secondary N) is 2. The molecule has 1 aliphatic heterocycles. The molecule has 2 rings (SSSR count). The van der Waals surface area contributed by atoms with Crippen LogP contribution in [0.3, 0.4) is 0 Å². The third-order valence-corrected chi connectivity index (χ3v) is 2.88. The molecule has 1 saturated heterocycles. The van der Waals surface area contributed by atoms with Crippen LogP contribution in [-0.2, 0) is 0 Å². The number of aryl methyl sites for hydroxylation is 2. The standard InChI is InChI=1S/C11H18N2/c1-8-7-10(9(2)13-8)11-5-3-4-6-12-11/h7,11-13H,3-6H2,1-2H3. The van der Waals surface area contributed by atoms with Crippen LogP contribution in [0.25, 0.3) is 0 Å². The third kappa shape index (κ3) is 1.78. The molecule has 2 N–H and O–H groups in total. The molecule has 1 aliphatic rings. The van der Waals surface area contributed by atoms with Crippen molar-refractivity contribution >= 4 is 0 Å². The van der Waals surface area contributed by atoms with Gasteiger partial charge < -0.3 is 10.3 Å². The number of hydrogen-bond acceptors (Lipinski definition) is 1. The van der Waals surface area contributed by atoms with Gasteiger partial charge in [-0.3, -0.25) is 0 Å². The van der Waals surface area contributed by atoms with E-state index in [0.717, 1.165) is 0 Å². The quantitative estimate of drug-likeness (QED) is 0.679. The van der Waals surface area contributed by atoms with Crippen LogP contribution in [0, 0.1) is 13.8 Å². The maximum absolute atomic E-state index is 3.57. The highest BCUT2D eigenvalue weighted by atomic mass is 14.9. The lowest BCUT2D eigenvalue weighted by atomic mass is 9.98. The molecule has 0 aromatic carbocycles. The highest BCUT2D eigenvalue weighted by molar-refractivity contribution is 5.27. The van der Waals surface area contributed by atoms with E-state index in [1.54, 1.807) is 0 Å². The molecule has 1 unspecified atom stereocenters. The normalized spacial score (nSPS) is 23.4. The molecule has 1 atom stereocenters. The zero-order chi connectivity index (χ0) is 9.26. The minimum Gasteiger partial charge on any atom is -0.362 e. The van der Waals surface area contributed by atoms with Crippen molar-refractivity contribution in [3.8, 4) is 0 Å². The van der Waals surface area contributed by atoms with Gasteiger partial charge in [-0.15, -0.1) is 0 Å². The van der Waals surface area contributed by atoms with Crippen LogP contribution < -0.4 is 5.32 Å². The molecule has 0 amide bonds. The van der Waals surface area contributed by atoms with Crippen LogP contribution in [0.4, 0.5) is 0 Å². The molecule has 1 aromatic rings. The van der Waals surface area contributed by atoms with Gasteiger partial charge in [-0.1, -0.05) is 6.42 Å². The Kier molecular flexibility index (Phi) is 2.40. The smallest absolute Gasteiger partial charge is 0.0337 e. The summed E-state index contributed by atoms with van der Waals surface area (Å²) in [5.74, 6) is 0. The zero-order valence-electron chi connectivity index (χ0n) is 8.48. The second-order valence-electron chi connectivity index (χ2n) is 4.04. The lowest BCUT2D eigenvalue weighted by Gasteiger charge is -2.23. The molecule has 0 aliphatic carbocycles. The van der Waals surface area contributed by atoms with Crippen LogP contribution in [0.15, 0.2) is 6.07 Å². The molecule has 0 spiro atoms. The summed E-state index contributed by atoms with van der Waals surface area (Å²) < 4.78 is 0. The number of piperidine rings is 1. The first-order valence-electron chi connectivity index (χ1n) is 5.17. The van der Waals surface area contributed by atoms with Crippen molar-refractivity contribution in [3.05, 3.63) is 23.0 Å². The number of aromatic amines is 1. The first-order valence-corrected chi connectivity index (χ1v) is 5.17. The Balaban J connectivity index is 2.18. The van der Waals surface area contributed by atoms with Gasteiger partial charge in [0.25, 0.3) is 0 Å². The molecule has 1 fully saturated rings. The molecule has 0 saturated carbocycles. The summed E-state index contributed by atoms with van der Waals surface area (Å²) in [6, 6.07) is 2.87. The number of hydrogen-bond donors (Lipinski definition) is 2. The van der Waals surface area contributed by atoms with Gasteiger partial charge in [0.2, 0.25) is 0 Å². The van der Waals surface area contributed by atoms with Gasteiger partial charge in [-0.2, -0.15) is 0 Å².